The van der Waals surface area contributed by atoms with Crippen molar-refractivity contribution in [2.45, 2.75) is 0 Å². The minimum absolute atomic E-state index is 0.670. The van der Waals surface area contributed by atoms with Crippen LogP contribution in [0.15, 0.2) is 164 Å². The average Bonchev–Trinajstić information content (AvgIpc) is 3.74. The van der Waals surface area contributed by atoms with E-state index in [0.717, 1.165) is 38.8 Å². The van der Waals surface area contributed by atoms with Crippen molar-refractivity contribution in [3.63, 3.8) is 0 Å². The van der Waals surface area contributed by atoms with E-state index >= 15 is 0 Å². The Bertz CT molecular complexity index is 3150. The summed E-state index contributed by atoms with van der Waals surface area (Å²) in [6, 6.07) is 58.7. The van der Waals surface area contributed by atoms with Crippen LogP contribution in [0.3, 0.4) is 0 Å². The monoisotopic (exact) mass is 653 g/mol. The molecule has 0 saturated carbocycles. The number of rotatable bonds is 3. The van der Waals surface area contributed by atoms with Crippen LogP contribution < -0.4 is 0 Å². The number of hydrogen-bond acceptors (Lipinski definition) is 3. The molecule has 3 nitrogen and oxygen atoms in total. The van der Waals surface area contributed by atoms with Gasteiger partial charge in [0.05, 0.1) is 22.2 Å². The van der Waals surface area contributed by atoms with Crippen LogP contribution in [0.2, 0.25) is 0 Å². The van der Waals surface area contributed by atoms with Crippen LogP contribution >= 0.6 is 11.3 Å². The van der Waals surface area contributed by atoms with Crippen molar-refractivity contribution in [1.82, 2.24) is 14.5 Å². The lowest BCUT2D eigenvalue weighted by molar-refractivity contribution is 1.02. The van der Waals surface area contributed by atoms with Gasteiger partial charge < -0.3 is 0 Å². The molecule has 3 aromatic heterocycles. The van der Waals surface area contributed by atoms with Gasteiger partial charge in [0, 0.05) is 47.3 Å². The van der Waals surface area contributed by atoms with E-state index in [4.69, 9.17) is 9.97 Å². The Morgan fingerprint density at radius 3 is 1.88 bits per heavy atom. The normalized spacial score (nSPS) is 12.0. The van der Waals surface area contributed by atoms with Crippen molar-refractivity contribution < 1.29 is 0 Å². The number of hydrogen-bond donors (Lipinski definition) is 0. The van der Waals surface area contributed by atoms with Gasteiger partial charge in [0.25, 0.3) is 0 Å². The molecule has 8 aromatic carbocycles. The third kappa shape index (κ3) is 3.91. The van der Waals surface area contributed by atoms with Gasteiger partial charge in [-0.05, 0) is 57.6 Å². The maximum atomic E-state index is 5.52. The van der Waals surface area contributed by atoms with Gasteiger partial charge in [0.1, 0.15) is 0 Å². The first-order chi connectivity index (χ1) is 24.8. The molecular formula is C46H27N3S. The van der Waals surface area contributed by atoms with Crippen molar-refractivity contribution in [2.75, 3.05) is 0 Å². The first-order valence-electron chi connectivity index (χ1n) is 16.9. The Hall–Kier alpha value is -6.36. The minimum atomic E-state index is 0.670. The van der Waals surface area contributed by atoms with Crippen LogP contribution in [0.1, 0.15) is 0 Å². The Labute approximate surface area is 291 Å². The summed E-state index contributed by atoms with van der Waals surface area (Å²) in [5.41, 5.74) is 7.49. The summed E-state index contributed by atoms with van der Waals surface area (Å²) in [6.45, 7) is 0. The molecule has 0 unspecified atom stereocenters. The Balaban J connectivity index is 1.33. The molecule has 3 heterocycles. The van der Waals surface area contributed by atoms with Gasteiger partial charge >= 0.3 is 0 Å². The highest BCUT2D eigenvalue weighted by Crippen LogP contribution is 2.47. The summed E-state index contributed by atoms with van der Waals surface area (Å²) in [4.78, 5) is 10.9. The van der Waals surface area contributed by atoms with E-state index in [1.807, 2.05) is 11.3 Å². The predicted molar refractivity (Wildman–Crippen MR) is 213 cm³/mol. The highest BCUT2D eigenvalue weighted by Gasteiger charge is 2.24. The highest BCUT2D eigenvalue weighted by molar-refractivity contribution is 7.26. The van der Waals surface area contributed by atoms with Crippen LogP contribution in [0.5, 0.6) is 0 Å². The van der Waals surface area contributed by atoms with E-state index in [-0.39, 0.29) is 0 Å². The molecule has 232 valence electrons. The van der Waals surface area contributed by atoms with Gasteiger partial charge in [0.15, 0.2) is 0 Å². The second-order valence-corrected chi connectivity index (χ2v) is 14.0. The molecule has 0 aliphatic rings. The van der Waals surface area contributed by atoms with Crippen molar-refractivity contribution in [2.24, 2.45) is 0 Å². The predicted octanol–water partition coefficient (Wildman–Crippen LogP) is 12.7. The zero-order valence-electron chi connectivity index (χ0n) is 26.8. The van der Waals surface area contributed by atoms with Gasteiger partial charge in [-0.15, -0.1) is 11.3 Å². The summed E-state index contributed by atoms with van der Waals surface area (Å²) in [6.07, 6.45) is 0. The quantitative estimate of drug-likeness (QED) is 0.178. The van der Waals surface area contributed by atoms with Gasteiger partial charge in [-0.25, -0.2) is 9.97 Å². The van der Waals surface area contributed by atoms with Crippen LogP contribution in [0.4, 0.5) is 0 Å². The molecule has 0 bridgehead atoms. The molecule has 4 heteroatoms. The summed E-state index contributed by atoms with van der Waals surface area (Å²) in [5.74, 6) is 0.670. The maximum absolute atomic E-state index is 5.52. The third-order valence-corrected chi connectivity index (χ3v) is 11.3. The zero-order chi connectivity index (χ0) is 32.8. The lowest BCUT2D eigenvalue weighted by Crippen LogP contribution is -2.04. The summed E-state index contributed by atoms with van der Waals surface area (Å²) in [5, 5.41) is 11.0. The van der Waals surface area contributed by atoms with E-state index in [0.29, 0.717) is 5.95 Å². The molecular weight excluding hydrogens is 627 g/mol. The molecule has 0 saturated heterocycles. The summed E-state index contributed by atoms with van der Waals surface area (Å²) < 4.78 is 4.92. The van der Waals surface area contributed by atoms with Gasteiger partial charge in [-0.1, -0.05) is 133 Å². The number of aromatic nitrogens is 3. The fourth-order valence-corrected chi connectivity index (χ4v) is 9.16. The number of para-hydroxylation sites is 1. The topological polar surface area (TPSA) is 30.7 Å². The SMILES string of the molecule is c1ccc(-c2cccc(-c3nc(-n4c5ccc6sc7ccccc7c6c5c5c6ccccc6c6ccccc6c54)nc4ccccc34)c2)cc1. The van der Waals surface area contributed by atoms with E-state index in [1.54, 1.807) is 0 Å². The zero-order valence-corrected chi connectivity index (χ0v) is 27.7. The van der Waals surface area contributed by atoms with Crippen LogP contribution in [-0.4, -0.2) is 14.5 Å². The van der Waals surface area contributed by atoms with Crippen molar-refractivity contribution in [1.29, 1.82) is 0 Å². The van der Waals surface area contributed by atoms with E-state index in [9.17, 15) is 0 Å². The van der Waals surface area contributed by atoms with E-state index < -0.39 is 0 Å². The molecule has 0 amide bonds. The standard InChI is InChI=1S/C46H27N3S/c1-2-13-28(14-3-1)29-15-12-16-30(27-29)44-35-21-8-10-23-37(35)47-46(48-44)49-38-25-26-40-41(36-22-9-11-24-39(36)50-40)43(38)42-33-19-6-4-17-31(33)32-18-5-7-20-34(32)45(42)49/h1-27H. The smallest absolute Gasteiger partial charge is 0.235 e. The Morgan fingerprint density at radius 2 is 1.04 bits per heavy atom. The number of thiophene rings is 1. The second kappa shape index (κ2) is 10.6. The van der Waals surface area contributed by atoms with E-state index in [1.165, 1.54) is 58.1 Å². The number of fused-ring (bicyclic) bond motifs is 13. The minimum Gasteiger partial charge on any atom is -0.277 e. The first-order valence-corrected chi connectivity index (χ1v) is 17.7. The molecule has 0 aliphatic heterocycles. The van der Waals surface area contributed by atoms with Crippen LogP contribution in [0.25, 0.3) is 103 Å². The largest absolute Gasteiger partial charge is 0.277 e. The molecule has 0 spiro atoms. The van der Waals surface area contributed by atoms with Gasteiger partial charge in [-0.3, -0.25) is 4.57 Å². The maximum Gasteiger partial charge on any atom is 0.235 e. The lowest BCUT2D eigenvalue weighted by atomic mass is 9.95. The average molecular weight is 654 g/mol. The fraction of sp³-hybridized carbons (Fsp3) is 0. The van der Waals surface area contributed by atoms with Gasteiger partial charge in [0.2, 0.25) is 5.95 Å². The van der Waals surface area contributed by atoms with Crippen molar-refractivity contribution >= 4 is 85.8 Å². The molecule has 0 aliphatic carbocycles. The fourth-order valence-electron chi connectivity index (χ4n) is 8.04. The van der Waals surface area contributed by atoms with Crippen LogP contribution in [-0.2, 0) is 0 Å². The first kappa shape index (κ1) is 27.6. The van der Waals surface area contributed by atoms with E-state index in [2.05, 4.69) is 168 Å². The molecule has 11 aromatic rings. The third-order valence-electron chi connectivity index (χ3n) is 10.2. The number of nitrogens with zero attached hydrogens (tertiary/aromatic N) is 3. The molecule has 11 rings (SSSR count). The second-order valence-electron chi connectivity index (χ2n) is 12.9. The summed E-state index contributed by atoms with van der Waals surface area (Å²) in [7, 11) is 0. The van der Waals surface area contributed by atoms with Crippen molar-refractivity contribution in [3.05, 3.63) is 164 Å². The molecule has 0 atom stereocenters. The van der Waals surface area contributed by atoms with Crippen molar-refractivity contribution in [3.8, 4) is 28.3 Å². The molecule has 0 radical (unpaired) electrons. The molecule has 0 N–H and O–H groups in total. The van der Waals surface area contributed by atoms with Gasteiger partial charge in [-0.2, -0.15) is 0 Å². The Kier molecular flexibility index (Phi) is 5.83. The lowest BCUT2D eigenvalue weighted by Gasteiger charge is -2.14. The molecule has 50 heavy (non-hydrogen) atoms. The Morgan fingerprint density at radius 1 is 0.400 bits per heavy atom. The highest BCUT2D eigenvalue weighted by atomic mass is 32.1. The number of benzene rings is 8. The summed E-state index contributed by atoms with van der Waals surface area (Å²) >= 11 is 1.86. The molecule has 0 fully saturated rings. The van der Waals surface area contributed by atoms with Crippen LogP contribution in [0, 0.1) is 0 Å².